The number of carbonyl (C=O) groups excluding carboxylic acids is 1. The molecule has 0 saturated heterocycles. The normalized spacial score (nSPS) is 14.3. The summed E-state index contributed by atoms with van der Waals surface area (Å²) in [5, 5.41) is 25.0. The molecule has 4 heterocycles. The van der Waals surface area contributed by atoms with E-state index in [4.69, 9.17) is 0 Å². The molecule has 1 aliphatic rings. The highest BCUT2D eigenvalue weighted by atomic mass is 32.1. The predicted octanol–water partition coefficient (Wildman–Crippen LogP) is 3.25. The molecule has 0 spiro atoms. The maximum atomic E-state index is 12.9. The van der Waals surface area contributed by atoms with Crippen LogP contribution in [0.4, 0.5) is 5.82 Å². The number of thiazole rings is 1. The third-order valence-electron chi connectivity index (χ3n) is 5.45. The number of hydrogen-bond acceptors (Lipinski definition) is 9. The Balaban J connectivity index is 1.38. The minimum Gasteiger partial charge on any atom is -0.394 e. The van der Waals surface area contributed by atoms with Crippen molar-refractivity contribution in [3.05, 3.63) is 52.9 Å². The number of pyridine rings is 2. The molecular weight excluding hydrogens is 440 g/mol. The molecule has 1 fully saturated rings. The van der Waals surface area contributed by atoms with Gasteiger partial charge < -0.3 is 10.4 Å². The number of aliphatic hydroxyl groups excluding tert-OH is 1. The second-order valence-corrected chi connectivity index (χ2v) is 9.12. The van der Waals surface area contributed by atoms with E-state index >= 15 is 0 Å². The van der Waals surface area contributed by atoms with Crippen molar-refractivity contribution in [3.63, 3.8) is 0 Å². The van der Waals surface area contributed by atoms with Gasteiger partial charge in [-0.2, -0.15) is 0 Å². The summed E-state index contributed by atoms with van der Waals surface area (Å²) >= 11 is 1.68. The molecule has 0 aliphatic heterocycles. The highest BCUT2D eigenvalue weighted by Crippen LogP contribution is 2.43. The van der Waals surface area contributed by atoms with Crippen molar-refractivity contribution >= 4 is 23.1 Å². The topological polar surface area (TPSA) is 132 Å². The van der Waals surface area contributed by atoms with Crippen molar-refractivity contribution in [1.82, 2.24) is 35.2 Å². The predicted molar refractivity (Wildman–Crippen MR) is 123 cm³/mol. The molecule has 168 valence electrons. The van der Waals surface area contributed by atoms with Crippen LogP contribution >= 0.6 is 11.3 Å². The summed E-state index contributed by atoms with van der Waals surface area (Å²) in [5.74, 6) is 0.978. The molecule has 11 heteroatoms. The Labute approximate surface area is 193 Å². The second kappa shape index (κ2) is 8.75. The number of carbonyl (C=O) groups is 1. The molecule has 1 atom stereocenters. The smallest absolute Gasteiger partial charge is 0.275 e. The van der Waals surface area contributed by atoms with E-state index in [1.807, 2.05) is 13.1 Å². The SMILES string of the molecule is Cc1cnc(C(=O)Nc2cccc(-c3nnnn3[C@H](C)CO)n2)cc1-c1cnc(C2CC2)s1. The minimum absolute atomic E-state index is 0.113. The van der Waals surface area contributed by atoms with E-state index in [2.05, 4.69) is 35.8 Å². The first kappa shape index (κ1) is 21.3. The van der Waals surface area contributed by atoms with E-state index in [1.54, 1.807) is 48.7 Å². The van der Waals surface area contributed by atoms with Gasteiger partial charge in [-0.3, -0.25) is 9.78 Å². The van der Waals surface area contributed by atoms with Gasteiger partial charge in [0.25, 0.3) is 5.91 Å². The molecule has 4 aromatic rings. The van der Waals surface area contributed by atoms with E-state index in [-0.39, 0.29) is 18.6 Å². The fourth-order valence-electron chi connectivity index (χ4n) is 3.39. The zero-order chi connectivity index (χ0) is 22.9. The first-order valence-electron chi connectivity index (χ1n) is 10.6. The average molecular weight is 463 g/mol. The Morgan fingerprint density at radius 2 is 2.15 bits per heavy atom. The van der Waals surface area contributed by atoms with Gasteiger partial charge in [-0.1, -0.05) is 6.07 Å². The van der Waals surface area contributed by atoms with Gasteiger partial charge in [0, 0.05) is 23.9 Å². The number of hydrogen-bond donors (Lipinski definition) is 2. The average Bonchev–Trinajstić information content (AvgIpc) is 3.35. The molecule has 0 bridgehead atoms. The molecule has 1 amide bonds. The van der Waals surface area contributed by atoms with Crippen molar-refractivity contribution in [2.24, 2.45) is 0 Å². The van der Waals surface area contributed by atoms with Gasteiger partial charge in [0.05, 0.1) is 22.5 Å². The van der Waals surface area contributed by atoms with Crippen LogP contribution in [0.3, 0.4) is 0 Å². The maximum absolute atomic E-state index is 12.9. The Morgan fingerprint density at radius 3 is 2.94 bits per heavy atom. The number of aliphatic hydroxyl groups is 1. The summed E-state index contributed by atoms with van der Waals surface area (Å²) in [6.45, 7) is 3.66. The largest absolute Gasteiger partial charge is 0.394 e. The van der Waals surface area contributed by atoms with Gasteiger partial charge >= 0.3 is 0 Å². The highest BCUT2D eigenvalue weighted by molar-refractivity contribution is 7.15. The van der Waals surface area contributed by atoms with Crippen LogP contribution in [-0.2, 0) is 0 Å². The lowest BCUT2D eigenvalue weighted by molar-refractivity contribution is 0.102. The van der Waals surface area contributed by atoms with Crippen molar-refractivity contribution in [2.45, 2.75) is 38.6 Å². The van der Waals surface area contributed by atoms with Gasteiger partial charge in [-0.25, -0.2) is 14.6 Å². The number of nitrogens with one attached hydrogen (secondary N) is 1. The molecule has 1 aliphatic carbocycles. The van der Waals surface area contributed by atoms with E-state index in [0.717, 1.165) is 21.0 Å². The summed E-state index contributed by atoms with van der Waals surface area (Å²) in [5.41, 5.74) is 2.72. The molecule has 10 nitrogen and oxygen atoms in total. The summed E-state index contributed by atoms with van der Waals surface area (Å²) in [7, 11) is 0. The lowest BCUT2D eigenvalue weighted by Gasteiger charge is -2.11. The molecule has 0 unspecified atom stereocenters. The third kappa shape index (κ3) is 4.37. The van der Waals surface area contributed by atoms with E-state index in [9.17, 15) is 9.90 Å². The third-order valence-corrected chi connectivity index (χ3v) is 6.64. The molecular formula is C22H22N8O2S. The lowest BCUT2D eigenvalue weighted by Crippen LogP contribution is -2.16. The molecule has 33 heavy (non-hydrogen) atoms. The lowest BCUT2D eigenvalue weighted by atomic mass is 10.1. The number of rotatable bonds is 7. The fourth-order valence-corrected chi connectivity index (χ4v) is 4.56. The van der Waals surface area contributed by atoms with E-state index in [1.165, 1.54) is 17.5 Å². The Kier molecular flexibility index (Phi) is 5.65. The Bertz CT molecular complexity index is 1310. The van der Waals surface area contributed by atoms with Gasteiger partial charge in [-0.05, 0) is 60.9 Å². The molecule has 5 rings (SSSR count). The standard InChI is InChI=1S/C22H22N8O2S/c1-12-9-23-17(8-15(12)18-10-24-22(33-18)14-6-7-14)21(32)26-19-5-3-4-16(25-19)20-27-28-29-30(20)13(2)11-31/h3-5,8-10,13-14,31H,6-7,11H2,1-2H3,(H,25,26,32)/t13-/m1/s1. The number of tetrazole rings is 1. The zero-order valence-electron chi connectivity index (χ0n) is 18.1. The van der Waals surface area contributed by atoms with Crippen LogP contribution < -0.4 is 5.32 Å². The van der Waals surface area contributed by atoms with Crippen molar-refractivity contribution in [3.8, 4) is 22.0 Å². The number of anilines is 1. The van der Waals surface area contributed by atoms with Crippen LogP contribution in [0, 0.1) is 6.92 Å². The monoisotopic (exact) mass is 462 g/mol. The van der Waals surface area contributed by atoms with Gasteiger partial charge in [0.1, 0.15) is 17.2 Å². The zero-order valence-corrected chi connectivity index (χ0v) is 19.0. The van der Waals surface area contributed by atoms with E-state index < -0.39 is 0 Å². The Morgan fingerprint density at radius 1 is 1.30 bits per heavy atom. The summed E-state index contributed by atoms with van der Waals surface area (Å²) < 4.78 is 1.49. The van der Waals surface area contributed by atoms with Crippen molar-refractivity contribution in [1.29, 1.82) is 0 Å². The van der Waals surface area contributed by atoms with Crippen LogP contribution in [0.2, 0.25) is 0 Å². The highest BCUT2D eigenvalue weighted by Gasteiger charge is 2.27. The van der Waals surface area contributed by atoms with Crippen LogP contribution in [0.15, 0.2) is 36.7 Å². The molecule has 0 radical (unpaired) electrons. The van der Waals surface area contributed by atoms with Crippen molar-refractivity contribution in [2.75, 3.05) is 11.9 Å². The van der Waals surface area contributed by atoms with E-state index in [0.29, 0.717) is 28.9 Å². The number of amides is 1. The second-order valence-electron chi connectivity index (χ2n) is 8.06. The summed E-state index contributed by atoms with van der Waals surface area (Å²) in [4.78, 5) is 27.3. The fraction of sp³-hybridized carbons (Fsp3) is 0.318. The number of aromatic nitrogens is 7. The molecule has 0 aromatic carbocycles. The molecule has 4 aromatic heterocycles. The molecule has 2 N–H and O–H groups in total. The number of aryl methyl sites for hydroxylation is 1. The molecule has 1 saturated carbocycles. The van der Waals surface area contributed by atoms with Gasteiger partial charge in [-0.15, -0.1) is 16.4 Å². The van der Waals surface area contributed by atoms with Gasteiger partial charge in [0.2, 0.25) is 5.82 Å². The minimum atomic E-state index is -0.365. The maximum Gasteiger partial charge on any atom is 0.275 e. The van der Waals surface area contributed by atoms with Gasteiger partial charge in [0.15, 0.2) is 0 Å². The van der Waals surface area contributed by atoms with Crippen LogP contribution in [0.25, 0.3) is 22.0 Å². The quantitative estimate of drug-likeness (QED) is 0.428. The van der Waals surface area contributed by atoms with Crippen LogP contribution in [0.5, 0.6) is 0 Å². The number of nitrogens with zero attached hydrogens (tertiary/aromatic N) is 7. The first-order chi connectivity index (χ1) is 16.0. The Hall–Kier alpha value is -3.57. The van der Waals surface area contributed by atoms with Crippen molar-refractivity contribution < 1.29 is 9.90 Å². The summed E-state index contributed by atoms with van der Waals surface area (Å²) in [6, 6.07) is 6.67. The first-order valence-corrected chi connectivity index (χ1v) is 11.5. The van der Waals surface area contributed by atoms with Crippen LogP contribution in [0.1, 0.15) is 52.8 Å². The summed E-state index contributed by atoms with van der Waals surface area (Å²) in [6.07, 6.45) is 5.99. The van der Waals surface area contributed by atoms with Crippen LogP contribution in [-0.4, -0.2) is 52.8 Å².